The molecule has 1 heteroatoms. The van der Waals surface area contributed by atoms with E-state index < -0.39 is 5.41 Å². The average molecular weight is 866 g/mol. The largest absolute Gasteiger partial charge is 0.309 e. The van der Waals surface area contributed by atoms with Gasteiger partial charge in [-0.1, -0.05) is 255 Å². The van der Waals surface area contributed by atoms with Crippen LogP contribution in [0.3, 0.4) is 0 Å². The number of hydrogen-bond acceptors (Lipinski definition) is 1. The lowest BCUT2D eigenvalue weighted by molar-refractivity contribution is 0.768. The second-order valence-electron chi connectivity index (χ2n) is 17.5. The monoisotopic (exact) mass is 865 g/mol. The summed E-state index contributed by atoms with van der Waals surface area (Å²) >= 11 is 0. The third-order valence-electron chi connectivity index (χ3n) is 13.8. The maximum Gasteiger partial charge on any atom is 0.0714 e. The van der Waals surface area contributed by atoms with Gasteiger partial charge in [0.2, 0.25) is 0 Å². The molecule has 0 amide bonds. The van der Waals surface area contributed by atoms with E-state index in [0.29, 0.717) is 0 Å². The van der Waals surface area contributed by atoms with E-state index in [2.05, 4.69) is 290 Å². The molecule has 0 aliphatic heterocycles. The van der Waals surface area contributed by atoms with Crippen molar-refractivity contribution in [3.8, 4) is 66.8 Å². The molecule has 1 aliphatic carbocycles. The van der Waals surface area contributed by atoms with Crippen LogP contribution >= 0.6 is 0 Å². The zero-order chi connectivity index (χ0) is 45.3. The second-order valence-corrected chi connectivity index (χ2v) is 17.5. The summed E-state index contributed by atoms with van der Waals surface area (Å²) in [4.78, 5) is 2.54. The minimum absolute atomic E-state index is 0.557. The van der Waals surface area contributed by atoms with E-state index in [1.54, 1.807) is 0 Å². The van der Waals surface area contributed by atoms with Gasteiger partial charge in [-0.05, 0) is 108 Å². The molecule has 0 radical (unpaired) electrons. The van der Waals surface area contributed by atoms with E-state index in [4.69, 9.17) is 0 Å². The predicted molar refractivity (Wildman–Crippen MR) is 286 cm³/mol. The van der Waals surface area contributed by atoms with Crippen molar-refractivity contribution in [2.75, 3.05) is 4.90 Å². The fraction of sp³-hybridized carbons (Fsp3) is 0.0149. The quantitative estimate of drug-likeness (QED) is 0.132. The van der Waals surface area contributed by atoms with Crippen LogP contribution in [-0.2, 0) is 5.41 Å². The van der Waals surface area contributed by atoms with Crippen molar-refractivity contribution in [2.45, 2.75) is 5.41 Å². The number of fused-ring (bicyclic) bond motifs is 3. The fourth-order valence-electron chi connectivity index (χ4n) is 10.8. The molecule has 0 bridgehead atoms. The van der Waals surface area contributed by atoms with Crippen molar-refractivity contribution in [1.29, 1.82) is 0 Å². The van der Waals surface area contributed by atoms with Crippen LogP contribution in [0.15, 0.2) is 285 Å². The molecule has 0 N–H and O–H groups in total. The highest BCUT2D eigenvalue weighted by molar-refractivity contribution is 6.04. The van der Waals surface area contributed by atoms with E-state index >= 15 is 0 Å². The number of anilines is 3. The first-order valence-electron chi connectivity index (χ1n) is 23.5. The van der Waals surface area contributed by atoms with Crippen molar-refractivity contribution >= 4 is 17.1 Å². The molecular formula is C67H47N. The second kappa shape index (κ2) is 17.5. The van der Waals surface area contributed by atoms with Gasteiger partial charge in [-0.15, -0.1) is 0 Å². The third kappa shape index (κ3) is 6.96. The van der Waals surface area contributed by atoms with Gasteiger partial charge in [0.05, 0.1) is 16.8 Å². The third-order valence-corrected chi connectivity index (χ3v) is 13.8. The van der Waals surface area contributed by atoms with Gasteiger partial charge in [0, 0.05) is 16.8 Å². The molecule has 11 aromatic carbocycles. The summed E-state index contributed by atoms with van der Waals surface area (Å²) in [6, 6.07) is 104. The highest BCUT2D eigenvalue weighted by Crippen LogP contribution is 2.60. The summed E-state index contributed by atoms with van der Waals surface area (Å²) in [7, 11) is 0. The molecule has 1 aliphatic rings. The molecule has 0 atom stereocenters. The molecule has 0 heterocycles. The van der Waals surface area contributed by atoms with Crippen molar-refractivity contribution in [3.63, 3.8) is 0 Å². The van der Waals surface area contributed by atoms with E-state index in [1.807, 2.05) is 0 Å². The SMILES string of the molecule is c1ccc(-c2cccc(-c3ccc(N(c4cccc(-c5ccccc5)c4-c4ccccc4-c4ccccc4)c4cccc5c4-c4ccccc4C5(c4ccccc4)c4ccccc4)cc3)c2)cc1. The van der Waals surface area contributed by atoms with E-state index in [1.165, 1.54) is 77.9 Å². The first-order valence-corrected chi connectivity index (χ1v) is 23.5. The molecule has 1 nitrogen and oxygen atoms in total. The van der Waals surface area contributed by atoms with Gasteiger partial charge >= 0.3 is 0 Å². The zero-order valence-electron chi connectivity index (χ0n) is 37.6. The Balaban J connectivity index is 1.15. The van der Waals surface area contributed by atoms with Gasteiger partial charge in [0.1, 0.15) is 0 Å². The standard InChI is InChI=1S/C67H47N/c1-6-23-48(24-7-1)52-29-20-30-53(47-52)49-43-45-56(46-44-49)68(63-41-21-38-58(51-27-10-3-11-28-51)65(63)59-36-17-16-35-57(59)50-25-8-2-9-26-50)64-42-22-40-62-66(64)60-37-18-19-39-61(60)67(62,54-31-12-4-13-32-54)55-33-14-5-15-34-55/h1-47H. The number of hydrogen-bond donors (Lipinski definition) is 0. The molecule has 0 spiro atoms. The highest BCUT2D eigenvalue weighted by atomic mass is 15.1. The topological polar surface area (TPSA) is 3.24 Å². The normalized spacial score (nSPS) is 12.2. The molecule has 0 saturated carbocycles. The molecule has 0 fully saturated rings. The Morgan fingerprint density at radius 3 is 1.24 bits per heavy atom. The molecule has 0 saturated heterocycles. The number of rotatable bonds is 10. The Labute approximate surface area is 399 Å². The van der Waals surface area contributed by atoms with E-state index in [0.717, 1.165) is 28.2 Å². The molecule has 68 heavy (non-hydrogen) atoms. The summed E-state index contributed by atoms with van der Waals surface area (Å²) in [5.74, 6) is 0. The molecule has 12 rings (SSSR count). The minimum atomic E-state index is -0.557. The van der Waals surface area contributed by atoms with Gasteiger partial charge in [-0.25, -0.2) is 0 Å². The first-order chi connectivity index (χ1) is 33.8. The average Bonchev–Trinajstić information content (AvgIpc) is 3.74. The summed E-state index contributed by atoms with van der Waals surface area (Å²) in [5.41, 5.74) is 22.0. The lowest BCUT2D eigenvalue weighted by Crippen LogP contribution is -2.28. The molecule has 11 aromatic rings. The predicted octanol–water partition coefficient (Wildman–Crippen LogP) is 17.9. The smallest absolute Gasteiger partial charge is 0.0714 e. The van der Waals surface area contributed by atoms with Crippen LogP contribution in [0.5, 0.6) is 0 Å². The zero-order valence-corrected chi connectivity index (χ0v) is 37.6. The Morgan fingerprint density at radius 1 is 0.235 bits per heavy atom. The minimum Gasteiger partial charge on any atom is -0.309 e. The maximum absolute atomic E-state index is 2.54. The van der Waals surface area contributed by atoms with Crippen molar-refractivity contribution in [3.05, 3.63) is 307 Å². The molecule has 0 unspecified atom stereocenters. The fourth-order valence-corrected chi connectivity index (χ4v) is 10.8. The Hall–Kier alpha value is -8.78. The van der Waals surface area contributed by atoms with Crippen LogP contribution in [0.2, 0.25) is 0 Å². The van der Waals surface area contributed by atoms with Crippen molar-refractivity contribution in [1.82, 2.24) is 0 Å². The van der Waals surface area contributed by atoms with Crippen LogP contribution in [0.1, 0.15) is 22.3 Å². The number of nitrogens with zero attached hydrogens (tertiary/aromatic N) is 1. The Morgan fingerprint density at radius 2 is 0.632 bits per heavy atom. The summed E-state index contributed by atoms with van der Waals surface area (Å²) in [6.45, 7) is 0. The van der Waals surface area contributed by atoms with Crippen molar-refractivity contribution < 1.29 is 0 Å². The summed E-state index contributed by atoms with van der Waals surface area (Å²) < 4.78 is 0. The van der Waals surface area contributed by atoms with E-state index in [-0.39, 0.29) is 0 Å². The summed E-state index contributed by atoms with van der Waals surface area (Å²) in [5, 5.41) is 0. The highest BCUT2D eigenvalue weighted by Gasteiger charge is 2.47. The van der Waals surface area contributed by atoms with Crippen LogP contribution in [-0.4, -0.2) is 0 Å². The van der Waals surface area contributed by atoms with Crippen LogP contribution < -0.4 is 4.90 Å². The van der Waals surface area contributed by atoms with Crippen LogP contribution in [0.4, 0.5) is 17.1 Å². The lowest BCUT2D eigenvalue weighted by atomic mass is 9.68. The van der Waals surface area contributed by atoms with E-state index in [9.17, 15) is 0 Å². The Bertz CT molecular complexity index is 3490. The maximum atomic E-state index is 2.54. The molecule has 0 aromatic heterocycles. The van der Waals surface area contributed by atoms with Gasteiger partial charge in [-0.3, -0.25) is 0 Å². The first kappa shape index (κ1) is 40.7. The van der Waals surface area contributed by atoms with Crippen LogP contribution in [0, 0.1) is 0 Å². The lowest BCUT2D eigenvalue weighted by Gasteiger charge is -2.35. The van der Waals surface area contributed by atoms with Gasteiger partial charge < -0.3 is 4.90 Å². The van der Waals surface area contributed by atoms with Gasteiger partial charge in [0.25, 0.3) is 0 Å². The molecular weight excluding hydrogens is 819 g/mol. The van der Waals surface area contributed by atoms with Gasteiger partial charge in [0.15, 0.2) is 0 Å². The molecule has 320 valence electrons. The summed E-state index contributed by atoms with van der Waals surface area (Å²) in [6.07, 6.45) is 0. The van der Waals surface area contributed by atoms with Crippen LogP contribution in [0.25, 0.3) is 66.8 Å². The van der Waals surface area contributed by atoms with Gasteiger partial charge in [-0.2, -0.15) is 0 Å². The number of benzene rings is 11. The van der Waals surface area contributed by atoms with Crippen molar-refractivity contribution in [2.24, 2.45) is 0 Å². The Kier molecular flexibility index (Phi) is 10.5.